The molecule has 11 N–H and O–H groups in total. The van der Waals surface area contributed by atoms with Crippen molar-refractivity contribution < 1.29 is 94.1 Å². The minimum absolute atomic E-state index is 0.0199. The van der Waals surface area contributed by atoms with Crippen molar-refractivity contribution in [2.24, 2.45) is 45.3 Å². The van der Waals surface area contributed by atoms with Gasteiger partial charge in [-0.25, -0.2) is 0 Å². The minimum atomic E-state index is -1.62. The third-order valence-corrected chi connectivity index (χ3v) is 20.2. The van der Waals surface area contributed by atoms with Crippen LogP contribution in [0.1, 0.15) is 139 Å². The third-order valence-electron chi connectivity index (χ3n) is 20.2. The number of fused-ring (bicyclic) bond motifs is 5. The smallest absolute Gasteiger partial charge is 0.186 e. The molecule has 0 radical (unpaired) electrons. The van der Waals surface area contributed by atoms with Gasteiger partial charge in [-0.1, -0.05) is 53.2 Å². The van der Waals surface area contributed by atoms with Crippen LogP contribution in [-0.2, 0) is 37.9 Å². The first-order valence-corrected chi connectivity index (χ1v) is 27.5. The van der Waals surface area contributed by atoms with E-state index < -0.39 is 117 Å². The summed E-state index contributed by atoms with van der Waals surface area (Å²) in [5, 5.41) is 115. The maximum Gasteiger partial charge on any atom is 0.186 e. The second-order valence-corrected chi connectivity index (χ2v) is 25.4. The van der Waals surface area contributed by atoms with Gasteiger partial charge in [-0.15, -0.1) is 0 Å². The van der Waals surface area contributed by atoms with E-state index >= 15 is 0 Å². The molecule has 0 aromatic carbocycles. The van der Waals surface area contributed by atoms with E-state index in [0.29, 0.717) is 36.5 Å². The van der Waals surface area contributed by atoms with Crippen molar-refractivity contribution in [3.63, 3.8) is 0 Å². The predicted octanol–water partition coefficient (Wildman–Crippen LogP) is 1.91. The molecule has 4 aliphatic carbocycles. The van der Waals surface area contributed by atoms with Crippen molar-refractivity contribution in [3.05, 3.63) is 11.6 Å². The van der Waals surface area contributed by atoms with Crippen LogP contribution in [0.3, 0.4) is 0 Å². The van der Waals surface area contributed by atoms with Gasteiger partial charge in [0.1, 0.15) is 48.8 Å². The number of hydrogen-bond donors (Lipinski definition) is 11. The summed E-state index contributed by atoms with van der Waals surface area (Å²) in [6, 6.07) is 0. The van der Waals surface area contributed by atoms with Gasteiger partial charge in [-0.3, -0.25) is 0 Å². The van der Waals surface area contributed by atoms with Gasteiger partial charge in [0.25, 0.3) is 0 Å². The Balaban J connectivity index is 0.876. The standard InChI is InChI=1S/C54H92O19/c1-27(9-13-40(51(4,5)65)73-43-22-34(59)44(60)36(69-43)25-66-41-20-28(57)19-29(23-55)68-41)30-15-16-54(8)38-12-10-31-32(52(38,6)17-18-53(30,54)7)11-14-39(50(31,2)3)72-42-21-33(58)45(61)37(70-42)26-67-49-48(64)47(63)46(62)35(24-56)71-49/h10,27-30,32-49,55-65H,9,11-26H2,1-8H3/t27?,28-,29-,30?,32?,33+,34+,35+,36+,37+,38?,39-,40?,41+,42-,43-,44-,45-,46+,47-,48+,49+,52?,53?,54?/m0/s1. The first-order valence-electron chi connectivity index (χ1n) is 27.5. The maximum absolute atomic E-state index is 11.5. The Morgan fingerprint density at radius 3 is 1.97 bits per heavy atom. The summed E-state index contributed by atoms with van der Waals surface area (Å²) in [7, 11) is 0. The second kappa shape index (κ2) is 22.6. The maximum atomic E-state index is 11.5. The lowest BCUT2D eigenvalue weighted by molar-refractivity contribution is -0.323. The zero-order valence-corrected chi connectivity index (χ0v) is 44.5. The molecular weight excluding hydrogens is 953 g/mol. The Hall–Kier alpha value is -1.02. The first kappa shape index (κ1) is 58.1. The predicted molar refractivity (Wildman–Crippen MR) is 261 cm³/mol. The fraction of sp³-hybridized carbons (Fsp3) is 0.963. The molecule has 4 saturated heterocycles. The van der Waals surface area contributed by atoms with Crippen molar-refractivity contribution in [1.29, 1.82) is 0 Å². The number of ether oxygens (including phenoxy) is 8. The summed E-state index contributed by atoms with van der Waals surface area (Å²) in [5.41, 5.74) is 0.0771. The fourth-order valence-corrected chi connectivity index (χ4v) is 15.5. The first-order chi connectivity index (χ1) is 34.2. The quantitative estimate of drug-likeness (QED) is 0.0928. The molecule has 0 aromatic rings. The van der Waals surface area contributed by atoms with E-state index in [-0.39, 0.29) is 66.8 Å². The second-order valence-electron chi connectivity index (χ2n) is 25.4. The average molecular weight is 1050 g/mol. The lowest BCUT2D eigenvalue weighted by atomic mass is 9.39. The average Bonchev–Trinajstić information content (AvgIpc) is 3.61. The van der Waals surface area contributed by atoms with Gasteiger partial charge >= 0.3 is 0 Å². The molecule has 4 aliphatic heterocycles. The third kappa shape index (κ3) is 11.4. The van der Waals surface area contributed by atoms with E-state index in [2.05, 4.69) is 47.6 Å². The highest BCUT2D eigenvalue weighted by molar-refractivity contribution is 5.30. The Bertz CT molecular complexity index is 1850. The molecule has 3 saturated carbocycles. The molecule has 73 heavy (non-hydrogen) atoms. The van der Waals surface area contributed by atoms with Gasteiger partial charge in [-0.05, 0) is 112 Å². The molecule has 4 heterocycles. The molecular formula is C54H92O19. The largest absolute Gasteiger partial charge is 0.394 e. The van der Waals surface area contributed by atoms with Crippen molar-refractivity contribution in [3.8, 4) is 0 Å². The molecule has 25 atom stereocenters. The van der Waals surface area contributed by atoms with Gasteiger partial charge in [0.15, 0.2) is 25.2 Å². The topological polar surface area (TPSA) is 296 Å². The molecule has 0 amide bonds. The number of aliphatic hydroxyl groups excluding tert-OH is 10. The van der Waals surface area contributed by atoms with Gasteiger partial charge in [-0.2, -0.15) is 0 Å². The van der Waals surface area contributed by atoms with E-state index in [1.54, 1.807) is 13.8 Å². The van der Waals surface area contributed by atoms with Crippen molar-refractivity contribution in [2.45, 2.75) is 255 Å². The molecule has 19 heteroatoms. The van der Waals surface area contributed by atoms with E-state index in [1.807, 2.05) is 0 Å². The number of rotatable bonds is 17. The van der Waals surface area contributed by atoms with Crippen molar-refractivity contribution >= 4 is 0 Å². The molecule has 8 unspecified atom stereocenters. The van der Waals surface area contributed by atoms with Crippen LogP contribution in [0, 0.1) is 45.3 Å². The number of hydrogen-bond acceptors (Lipinski definition) is 19. The summed E-state index contributed by atoms with van der Waals surface area (Å²) in [6.07, 6.45) is -7.30. The molecule has 8 rings (SSSR count). The van der Waals surface area contributed by atoms with Gasteiger partial charge < -0.3 is 94.1 Å². The summed E-state index contributed by atoms with van der Waals surface area (Å²) < 4.78 is 48.4. The molecule has 0 bridgehead atoms. The van der Waals surface area contributed by atoms with Crippen LogP contribution in [0.15, 0.2) is 11.6 Å². The Morgan fingerprint density at radius 2 is 1.32 bits per heavy atom. The molecule has 8 aliphatic rings. The van der Waals surface area contributed by atoms with Crippen LogP contribution in [0.25, 0.3) is 0 Å². The lowest BCUT2D eigenvalue weighted by Crippen LogP contribution is -2.60. The minimum Gasteiger partial charge on any atom is -0.394 e. The van der Waals surface area contributed by atoms with Crippen LogP contribution < -0.4 is 0 Å². The highest BCUT2D eigenvalue weighted by Crippen LogP contribution is 2.75. The monoisotopic (exact) mass is 1040 g/mol. The van der Waals surface area contributed by atoms with Crippen LogP contribution in [0.2, 0.25) is 0 Å². The summed E-state index contributed by atoms with van der Waals surface area (Å²) in [6.45, 7) is 16.6. The highest BCUT2D eigenvalue weighted by Gasteiger charge is 2.67. The summed E-state index contributed by atoms with van der Waals surface area (Å²) in [5.74, 6) is 1.63. The van der Waals surface area contributed by atoms with Crippen molar-refractivity contribution in [1.82, 2.24) is 0 Å². The molecule has 19 nitrogen and oxygen atoms in total. The molecule has 0 aromatic heterocycles. The Kier molecular flexibility index (Phi) is 18.0. The Labute approximate surface area is 431 Å². The Morgan fingerprint density at radius 1 is 0.658 bits per heavy atom. The zero-order chi connectivity index (χ0) is 53.2. The normalized spacial score (nSPS) is 49.0. The lowest BCUT2D eigenvalue weighted by Gasteiger charge is -2.66. The van der Waals surface area contributed by atoms with Crippen molar-refractivity contribution in [2.75, 3.05) is 26.4 Å². The van der Waals surface area contributed by atoms with Crippen LogP contribution >= 0.6 is 0 Å². The fourth-order valence-electron chi connectivity index (χ4n) is 15.5. The molecule has 0 spiro atoms. The molecule has 422 valence electrons. The van der Waals surface area contributed by atoms with Gasteiger partial charge in [0, 0.05) is 31.1 Å². The van der Waals surface area contributed by atoms with E-state index in [1.165, 1.54) is 5.57 Å². The SMILES string of the molecule is CC(CCC(O[C@H]1C[C@@H](O)[C@H](O)[C@@H](CO[C@H]2C[C@@H](O)C[C@@H](CO)O2)O1)C(C)(C)O)C1CCC2(C)C3CC=C4C(CC[C@H](O[C@H]5C[C@@H](O)[C@H](O)[C@@H](CO[C@@H]6O[C@H](CO)[C@@H](O)[C@H](O)[C@H]6O)O5)C4(C)C)C3(C)CCC12C. The van der Waals surface area contributed by atoms with Gasteiger partial charge in [0.05, 0.1) is 68.7 Å². The summed E-state index contributed by atoms with van der Waals surface area (Å²) >= 11 is 0. The van der Waals surface area contributed by atoms with Crippen LogP contribution in [0.5, 0.6) is 0 Å². The van der Waals surface area contributed by atoms with Gasteiger partial charge in [0.2, 0.25) is 0 Å². The number of aliphatic hydroxyl groups is 11. The van der Waals surface area contributed by atoms with E-state index in [9.17, 15) is 56.2 Å². The van der Waals surface area contributed by atoms with Crippen LogP contribution in [0.4, 0.5) is 0 Å². The highest BCUT2D eigenvalue weighted by atomic mass is 16.7. The number of allylic oxidation sites excluding steroid dienone is 1. The molecule has 7 fully saturated rings. The summed E-state index contributed by atoms with van der Waals surface area (Å²) in [4.78, 5) is 0. The van der Waals surface area contributed by atoms with Crippen LogP contribution in [-0.4, -0.2) is 199 Å². The van der Waals surface area contributed by atoms with E-state index in [4.69, 9.17) is 37.9 Å². The zero-order valence-electron chi connectivity index (χ0n) is 44.5. The van der Waals surface area contributed by atoms with E-state index in [0.717, 1.165) is 51.4 Å².